The van der Waals surface area contributed by atoms with Crippen molar-refractivity contribution in [3.05, 3.63) is 36.0 Å². The molecule has 1 fully saturated rings. The normalized spacial score (nSPS) is 14.4. The van der Waals surface area contributed by atoms with E-state index in [0.29, 0.717) is 18.0 Å². The summed E-state index contributed by atoms with van der Waals surface area (Å²) in [4.78, 5) is 29.7. The van der Waals surface area contributed by atoms with Gasteiger partial charge in [-0.1, -0.05) is 17.3 Å². The molecule has 2 N–H and O–H groups in total. The van der Waals surface area contributed by atoms with Crippen molar-refractivity contribution in [1.82, 2.24) is 20.4 Å². The van der Waals surface area contributed by atoms with Gasteiger partial charge < -0.3 is 24.6 Å². The zero-order valence-corrected chi connectivity index (χ0v) is 16.3. The lowest BCUT2D eigenvalue weighted by Gasteiger charge is -2.26. The highest BCUT2D eigenvalue weighted by Crippen LogP contribution is 2.24. The Hall–Kier alpha value is -2.98. The van der Waals surface area contributed by atoms with Crippen molar-refractivity contribution in [2.45, 2.75) is 20.0 Å². The maximum absolute atomic E-state index is 12.1. The van der Waals surface area contributed by atoms with Crippen molar-refractivity contribution in [3.63, 3.8) is 0 Å². The first kappa shape index (κ1) is 20.7. The van der Waals surface area contributed by atoms with Gasteiger partial charge in [-0.3, -0.25) is 14.5 Å². The summed E-state index contributed by atoms with van der Waals surface area (Å²) in [5.41, 5.74) is 0.543. The van der Waals surface area contributed by atoms with Crippen molar-refractivity contribution in [1.29, 1.82) is 0 Å². The third-order valence-corrected chi connectivity index (χ3v) is 4.26. The molecule has 3 rings (SSSR count). The fourth-order valence-electron chi connectivity index (χ4n) is 2.84. The summed E-state index contributed by atoms with van der Waals surface area (Å²) in [6.07, 6.45) is 0.829. The number of carbonyl (C=O) groups is 2. The molecule has 0 saturated carbocycles. The number of ether oxygens (including phenoxy) is 2. The molecule has 29 heavy (non-hydrogen) atoms. The SMILES string of the molecule is CC(=O)Nc1ccccc1OCc1noc(C(=O)NCCCN2CCOCC2)n1. The van der Waals surface area contributed by atoms with Gasteiger partial charge in [0.25, 0.3) is 0 Å². The Morgan fingerprint density at radius 1 is 1.24 bits per heavy atom. The van der Waals surface area contributed by atoms with E-state index in [9.17, 15) is 9.59 Å². The third-order valence-electron chi connectivity index (χ3n) is 4.26. The molecule has 0 spiro atoms. The number of aromatic nitrogens is 2. The topological polar surface area (TPSA) is 119 Å². The van der Waals surface area contributed by atoms with Gasteiger partial charge in [0, 0.05) is 26.6 Å². The molecule has 0 atom stereocenters. The molecule has 1 aromatic heterocycles. The van der Waals surface area contributed by atoms with Crippen LogP contribution in [-0.2, 0) is 16.1 Å². The van der Waals surface area contributed by atoms with E-state index in [4.69, 9.17) is 14.0 Å². The molecular formula is C19H25N5O5. The maximum atomic E-state index is 12.1. The number of morpholine rings is 1. The van der Waals surface area contributed by atoms with Gasteiger partial charge in [0.05, 0.1) is 18.9 Å². The summed E-state index contributed by atoms with van der Waals surface area (Å²) in [5.74, 6) is -0.00890. The van der Waals surface area contributed by atoms with E-state index < -0.39 is 5.91 Å². The number of rotatable bonds is 9. The molecule has 1 saturated heterocycles. The van der Waals surface area contributed by atoms with E-state index in [1.54, 1.807) is 24.3 Å². The predicted molar refractivity (Wildman–Crippen MR) is 104 cm³/mol. The van der Waals surface area contributed by atoms with Crippen molar-refractivity contribution >= 4 is 17.5 Å². The number of nitrogens with one attached hydrogen (secondary N) is 2. The molecule has 0 bridgehead atoms. The number of anilines is 1. The van der Waals surface area contributed by atoms with Crippen LogP contribution in [-0.4, -0.2) is 66.2 Å². The standard InChI is InChI=1S/C19H25N5O5/c1-14(25)21-15-5-2-3-6-16(15)28-13-17-22-19(29-23-17)18(26)20-7-4-8-24-9-11-27-12-10-24/h2-3,5-6H,4,7-13H2,1H3,(H,20,26)(H,21,25). The van der Waals surface area contributed by atoms with E-state index in [-0.39, 0.29) is 24.2 Å². The van der Waals surface area contributed by atoms with Crippen LogP contribution in [0.3, 0.4) is 0 Å². The predicted octanol–water partition coefficient (Wildman–Crippen LogP) is 1.06. The smallest absolute Gasteiger partial charge is 0.316 e. The Bertz CT molecular complexity index is 819. The van der Waals surface area contributed by atoms with Gasteiger partial charge in [0.2, 0.25) is 11.7 Å². The lowest BCUT2D eigenvalue weighted by atomic mass is 10.3. The molecule has 2 amide bonds. The molecule has 2 aromatic rings. The highest BCUT2D eigenvalue weighted by molar-refractivity contribution is 5.90. The van der Waals surface area contributed by atoms with Gasteiger partial charge >= 0.3 is 11.8 Å². The average Bonchev–Trinajstić information content (AvgIpc) is 3.20. The molecule has 2 heterocycles. The zero-order chi connectivity index (χ0) is 20.5. The van der Waals surface area contributed by atoms with Crippen LogP contribution < -0.4 is 15.4 Å². The van der Waals surface area contributed by atoms with E-state index in [0.717, 1.165) is 39.3 Å². The van der Waals surface area contributed by atoms with Crippen LogP contribution in [0.25, 0.3) is 0 Å². The Balaban J connectivity index is 1.43. The van der Waals surface area contributed by atoms with Gasteiger partial charge in [-0.05, 0) is 25.1 Å². The molecule has 0 aliphatic carbocycles. The number of amides is 2. The monoisotopic (exact) mass is 403 g/mol. The van der Waals surface area contributed by atoms with Gasteiger partial charge in [0.1, 0.15) is 5.75 Å². The summed E-state index contributed by atoms with van der Waals surface area (Å²) in [6.45, 7) is 6.21. The molecule has 1 aromatic carbocycles. The molecule has 10 heteroatoms. The van der Waals surface area contributed by atoms with Crippen LogP contribution in [0, 0.1) is 0 Å². The summed E-state index contributed by atoms with van der Waals surface area (Å²) in [5, 5.41) is 9.22. The number of carbonyl (C=O) groups excluding carboxylic acids is 2. The largest absolute Gasteiger partial charge is 0.483 e. The molecule has 1 aliphatic heterocycles. The molecule has 10 nitrogen and oxygen atoms in total. The van der Waals surface area contributed by atoms with Gasteiger partial charge in [-0.2, -0.15) is 4.98 Å². The van der Waals surface area contributed by atoms with Gasteiger partial charge in [-0.15, -0.1) is 0 Å². The van der Waals surface area contributed by atoms with E-state index in [2.05, 4.69) is 25.7 Å². The first-order chi connectivity index (χ1) is 14.1. The minimum Gasteiger partial charge on any atom is -0.483 e. The van der Waals surface area contributed by atoms with Crippen molar-refractivity contribution in [2.75, 3.05) is 44.7 Å². The summed E-state index contributed by atoms with van der Waals surface area (Å²) in [7, 11) is 0. The number of hydrogen-bond acceptors (Lipinski definition) is 8. The van der Waals surface area contributed by atoms with E-state index >= 15 is 0 Å². The van der Waals surface area contributed by atoms with Crippen LogP contribution in [0.1, 0.15) is 29.9 Å². The third kappa shape index (κ3) is 6.54. The second kappa shape index (κ2) is 10.5. The quantitative estimate of drug-likeness (QED) is 0.597. The summed E-state index contributed by atoms with van der Waals surface area (Å²) < 4.78 is 16.0. The van der Waals surface area contributed by atoms with Crippen LogP contribution in [0.2, 0.25) is 0 Å². The second-order valence-electron chi connectivity index (χ2n) is 6.55. The highest BCUT2D eigenvalue weighted by Gasteiger charge is 2.16. The lowest BCUT2D eigenvalue weighted by Crippen LogP contribution is -2.38. The Morgan fingerprint density at radius 2 is 2.03 bits per heavy atom. The van der Waals surface area contributed by atoms with Crippen LogP contribution in [0.4, 0.5) is 5.69 Å². The number of nitrogens with zero attached hydrogens (tertiary/aromatic N) is 3. The summed E-state index contributed by atoms with van der Waals surface area (Å²) >= 11 is 0. The van der Waals surface area contributed by atoms with Crippen molar-refractivity contribution in [3.8, 4) is 5.75 Å². The molecule has 1 aliphatic rings. The number of hydrogen-bond donors (Lipinski definition) is 2. The highest BCUT2D eigenvalue weighted by atomic mass is 16.5. The van der Waals surface area contributed by atoms with Crippen LogP contribution in [0.5, 0.6) is 5.75 Å². The summed E-state index contributed by atoms with van der Waals surface area (Å²) in [6, 6.07) is 7.01. The fourth-order valence-corrected chi connectivity index (χ4v) is 2.84. The zero-order valence-electron chi connectivity index (χ0n) is 16.3. The van der Waals surface area contributed by atoms with Crippen molar-refractivity contribution < 1.29 is 23.6 Å². The maximum Gasteiger partial charge on any atom is 0.316 e. The minimum absolute atomic E-state index is 0.00437. The minimum atomic E-state index is -0.413. The average molecular weight is 403 g/mol. The number of para-hydroxylation sites is 2. The molecule has 0 radical (unpaired) electrons. The Labute approximate surface area is 168 Å². The molecular weight excluding hydrogens is 378 g/mol. The lowest BCUT2D eigenvalue weighted by molar-refractivity contribution is -0.114. The van der Waals surface area contributed by atoms with Crippen LogP contribution >= 0.6 is 0 Å². The first-order valence-electron chi connectivity index (χ1n) is 9.52. The van der Waals surface area contributed by atoms with E-state index in [1.165, 1.54) is 6.92 Å². The van der Waals surface area contributed by atoms with Crippen molar-refractivity contribution in [2.24, 2.45) is 0 Å². The Morgan fingerprint density at radius 3 is 2.83 bits per heavy atom. The fraction of sp³-hybridized carbons (Fsp3) is 0.474. The van der Waals surface area contributed by atoms with Gasteiger partial charge in [0.15, 0.2) is 6.61 Å². The molecule has 156 valence electrons. The van der Waals surface area contributed by atoms with Gasteiger partial charge in [-0.25, -0.2) is 0 Å². The van der Waals surface area contributed by atoms with E-state index in [1.807, 2.05) is 0 Å². The Kier molecular flexibility index (Phi) is 7.54. The van der Waals surface area contributed by atoms with Crippen LogP contribution in [0.15, 0.2) is 28.8 Å². The molecule has 0 unspecified atom stereocenters. The second-order valence-corrected chi connectivity index (χ2v) is 6.55. The first-order valence-corrected chi connectivity index (χ1v) is 9.52. The number of benzene rings is 1.